The van der Waals surface area contributed by atoms with E-state index in [1.54, 1.807) is 0 Å². The van der Waals surface area contributed by atoms with Crippen LogP contribution in [0.2, 0.25) is 0 Å². The van der Waals surface area contributed by atoms with E-state index in [0.717, 1.165) is 6.07 Å². The number of nitrogens with two attached hydrogens (primary N) is 1. The minimum absolute atomic E-state index is 0.0822. The summed E-state index contributed by atoms with van der Waals surface area (Å²) >= 11 is 0. The molecule has 0 bridgehead atoms. The number of rotatable bonds is 2. The van der Waals surface area contributed by atoms with E-state index in [1.165, 1.54) is 6.07 Å². The van der Waals surface area contributed by atoms with Crippen LogP contribution in [0.3, 0.4) is 0 Å². The molecule has 1 aromatic rings. The highest BCUT2D eigenvalue weighted by Crippen LogP contribution is 2.39. The Morgan fingerprint density at radius 1 is 1.59 bits per heavy atom. The molecule has 0 aliphatic carbocycles. The van der Waals surface area contributed by atoms with Crippen molar-refractivity contribution in [2.45, 2.75) is 12.5 Å². The number of nitrogens with zero attached hydrogens (tertiary/aromatic N) is 1. The van der Waals surface area contributed by atoms with E-state index < -0.39 is 16.9 Å². The van der Waals surface area contributed by atoms with Gasteiger partial charge in [-0.1, -0.05) is 0 Å². The number of ether oxygens (including phenoxy) is 1. The number of hydrogen-bond donors (Lipinski definition) is 2. The minimum Gasteiger partial charge on any atom is -0.487 e. The van der Waals surface area contributed by atoms with Gasteiger partial charge in [0.25, 0.3) is 0 Å². The molecule has 0 radical (unpaired) electrons. The van der Waals surface area contributed by atoms with Crippen molar-refractivity contribution in [2.24, 2.45) is 5.73 Å². The highest BCUT2D eigenvalue weighted by molar-refractivity contribution is 5.89. The molecule has 7 nitrogen and oxygen atoms in total. The average molecular weight is 238 g/mol. The Morgan fingerprint density at radius 3 is 2.88 bits per heavy atom. The largest absolute Gasteiger partial charge is 0.487 e. The average Bonchev–Trinajstić information content (AvgIpc) is 2.28. The molecule has 2 rings (SSSR count). The van der Waals surface area contributed by atoms with Crippen LogP contribution in [-0.2, 0) is 0 Å². The van der Waals surface area contributed by atoms with Gasteiger partial charge >= 0.3 is 11.7 Å². The summed E-state index contributed by atoms with van der Waals surface area (Å²) in [6.07, 6.45) is 0.507. The van der Waals surface area contributed by atoms with Gasteiger partial charge in [-0.2, -0.15) is 0 Å². The van der Waals surface area contributed by atoms with E-state index in [-0.39, 0.29) is 17.0 Å². The molecule has 3 N–H and O–H groups in total. The van der Waals surface area contributed by atoms with Crippen molar-refractivity contribution in [3.8, 4) is 5.75 Å². The molecular weight excluding hydrogens is 228 g/mol. The molecule has 1 aliphatic rings. The summed E-state index contributed by atoms with van der Waals surface area (Å²) in [4.78, 5) is 21.0. The number of nitro groups is 1. The van der Waals surface area contributed by atoms with Gasteiger partial charge in [-0.3, -0.25) is 10.1 Å². The van der Waals surface area contributed by atoms with Crippen LogP contribution in [-0.4, -0.2) is 22.6 Å². The van der Waals surface area contributed by atoms with Crippen LogP contribution in [0.25, 0.3) is 0 Å². The van der Waals surface area contributed by atoms with Gasteiger partial charge < -0.3 is 15.6 Å². The smallest absolute Gasteiger partial charge is 0.335 e. The van der Waals surface area contributed by atoms with Gasteiger partial charge in [-0.05, 0) is 6.07 Å². The molecule has 17 heavy (non-hydrogen) atoms. The predicted octanol–water partition coefficient (Wildman–Crippen LogP) is 1.08. The second-order valence-corrected chi connectivity index (χ2v) is 3.72. The maximum atomic E-state index is 10.9. The zero-order valence-corrected chi connectivity index (χ0v) is 8.75. The van der Waals surface area contributed by atoms with Gasteiger partial charge in [0.15, 0.2) is 0 Å². The lowest BCUT2D eigenvalue weighted by molar-refractivity contribution is -0.386. The molecule has 7 heteroatoms. The predicted molar refractivity (Wildman–Crippen MR) is 57.1 cm³/mol. The van der Waals surface area contributed by atoms with Crippen molar-refractivity contribution < 1.29 is 19.6 Å². The summed E-state index contributed by atoms with van der Waals surface area (Å²) in [6, 6.07) is 1.88. The van der Waals surface area contributed by atoms with E-state index in [2.05, 4.69) is 0 Å². The number of carbonyl (C=O) groups is 1. The lowest BCUT2D eigenvalue weighted by Gasteiger charge is -2.22. The number of hydrogen-bond acceptors (Lipinski definition) is 5. The van der Waals surface area contributed by atoms with Crippen LogP contribution in [0.4, 0.5) is 5.69 Å². The topological polar surface area (TPSA) is 116 Å². The second kappa shape index (κ2) is 4.02. The third-order valence-electron chi connectivity index (χ3n) is 2.62. The molecule has 1 heterocycles. The van der Waals surface area contributed by atoms with Crippen molar-refractivity contribution in [3.05, 3.63) is 33.4 Å². The van der Waals surface area contributed by atoms with Gasteiger partial charge in [-0.25, -0.2) is 4.79 Å². The Bertz CT molecular complexity index is 500. The fourth-order valence-electron chi connectivity index (χ4n) is 1.77. The highest BCUT2D eigenvalue weighted by Gasteiger charge is 2.29. The quantitative estimate of drug-likeness (QED) is 0.588. The molecule has 1 aromatic carbocycles. The molecule has 0 saturated heterocycles. The number of benzene rings is 1. The first-order chi connectivity index (χ1) is 8.00. The van der Waals surface area contributed by atoms with Crippen molar-refractivity contribution in [1.29, 1.82) is 0 Å². The minimum atomic E-state index is -1.23. The van der Waals surface area contributed by atoms with Crippen molar-refractivity contribution >= 4 is 11.7 Å². The summed E-state index contributed by atoms with van der Waals surface area (Å²) in [5.41, 5.74) is 5.66. The lowest BCUT2D eigenvalue weighted by Crippen LogP contribution is -2.22. The number of nitro benzene ring substituents is 1. The molecule has 0 fully saturated rings. The zero-order chi connectivity index (χ0) is 12.6. The lowest BCUT2D eigenvalue weighted by atomic mass is 9.98. The molecule has 0 amide bonds. The summed E-state index contributed by atoms with van der Waals surface area (Å²) < 4.78 is 5.21. The van der Waals surface area contributed by atoms with Crippen LogP contribution in [0.1, 0.15) is 28.4 Å². The molecule has 0 unspecified atom stereocenters. The van der Waals surface area contributed by atoms with Gasteiger partial charge in [0.1, 0.15) is 0 Å². The summed E-state index contributed by atoms with van der Waals surface area (Å²) in [7, 11) is 0. The van der Waals surface area contributed by atoms with Crippen LogP contribution in [0, 0.1) is 10.1 Å². The van der Waals surface area contributed by atoms with Gasteiger partial charge in [0, 0.05) is 24.1 Å². The van der Waals surface area contributed by atoms with Crippen LogP contribution in [0.5, 0.6) is 5.75 Å². The third kappa shape index (κ3) is 1.92. The first-order valence-electron chi connectivity index (χ1n) is 4.94. The molecule has 90 valence electrons. The first kappa shape index (κ1) is 11.3. The molecule has 1 atom stereocenters. The Balaban J connectivity index is 2.66. The van der Waals surface area contributed by atoms with E-state index in [0.29, 0.717) is 18.6 Å². The van der Waals surface area contributed by atoms with Crippen LogP contribution >= 0.6 is 0 Å². The first-order valence-corrected chi connectivity index (χ1v) is 4.94. The standard InChI is InChI=1S/C10H10N2O5/c11-7-1-2-17-9-6(7)3-5(10(13)14)4-8(9)12(15)16/h3-4,7H,1-2,11H2,(H,13,14)/t7-/m1/s1. The Morgan fingerprint density at radius 2 is 2.29 bits per heavy atom. The van der Waals surface area contributed by atoms with E-state index in [4.69, 9.17) is 15.6 Å². The van der Waals surface area contributed by atoms with Crippen molar-refractivity contribution in [2.75, 3.05) is 6.61 Å². The second-order valence-electron chi connectivity index (χ2n) is 3.72. The maximum absolute atomic E-state index is 10.9. The third-order valence-corrected chi connectivity index (χ3v) is 2.62. The summed E-state index contributed by atoms with van der Waals surface area (Å²) in [5.74, 6) is -1.15. The fourth-order valence-corrected chi connectivity index (χ4v) is 1.77. The SMILES string of the molecule is N[C@@H]1CCOc2c1cc(C(=O)O)cc2[N+](=O)[O-]. The molecule has 1 aliphatic heterocycles. The molecule has 0 saturated carbocycles. The zero-order valence-electron chi connectivity index (χ0n) is 8.75. The summed E-state index contributed by atoms with van der Waals surface area (Å²) in [6.45, 7) is 0.293. The Hall–Kier alpha value is -2.15. The summed E-state index contributed by atoms with van der Waals surface area (Å²) in [5, 5.41) is 19.7. The maximum Gasteiger partial charge on any atom is 0.335 e. The molecule has 0 aromatic heterocycles. The van der Waals surface area contributed by atoms with Crippen molar-refractivity contribution in [3.63, 3.8) is 0 Å². The number of fused-ring (bicyclic) bond motifs is 1. The van der Waals surface area contributed by atoms with E-state index in [9.17, 15) is 14.9 Å². The highest BCUT2D eigenvalue weighted by atomic mass is 16.6. The van der Waals surface area contributed by atoms with Gasteiger partial charge in [0.05, 0.1) is 17.1 Å². The van der Waals surface area contributed by atoms with Gasteiger partial charge in [-0.15, -0.1) is 0 Å². The van der Waals surface area contributed by atoms with Crippen molar-refractivity contribution in [1.82, 2.24) is 0 Å². The van der Waals surface area contributed by atoms with Crippen LogP contribution in [0.15, 0.2) is 12.1 Å². The Kier molecular flexibility index (Phi) is 2.68. The normalized spacial score (nSPS) is 18.1. The monoisotopic (exact) mass is 238 g/mol. The fraction of sp³-hybridized carbons (Fsp3) is 0.300. The van der Waals surface area contributed by atoms with E-state index >= 15 is 0 Å². The molecule has 0 spiro atoms. The number of aromatic carboxylic acids is 1. The van der Waals surface area contributed by atoms with E-state index in [1.807, 2.05) is 0 Å². The van der Waals surface area contributed by atoms with Crippen LogP contribution < -0.4 is 10.5 Å². The van der Waals surface area contributed by atoms with Gasteiger partial charge in [0.2, 0.25) is 5.75 Å². The molecular formula is C10H10N2O5. The number of carboxylic acids is 1. The number of carboxylic acid groups (broad SMARTS) is 1. The Labute approximate surface area is 95.9 Å².